The first-order valence-electron chi connectivity index (χ1n) is 8.65. The molecule has 6 heteroatoms. The molecule has 0 N–H and O–H groups in total. The maximum Gasteiger partial charge on any atom is 0.200 e. The number of thioether (sulfide) groups is 1. The number of furan rings is 1. The predicted molar refractivity (Wildman–Crippen MR) is 97.6 cm³/mol. The lowest BCUT2D eigenvalue weighted by atomic mass is 10.1. The summed E-state index contributed by atoms with van der Waals surface area (Å²) in [6, 6.07) is 14.2. The lowest BCUT2D eigenvalue weighted by molar-refractivity contribution is 0.0315. The molecule has 2 aromatic heterocycles. The minimum Gasteiger partial charge on any atom is -0.461 e. The summed E-state index contributed by atoms with van der Waals surface area (Å²) in [5, 5.41) is 9.70. The minimum absolute atomic E-state index is 0.313. The predicted octanol–water partition coefficient (Wildman–Crippen LogP) is 4.25. The van der Waals surface area contributed by atoms with Gasteiger partial charge in [-0.25, -0.2) is 0 Å². The van der Waals surface area contributed by atoms with E-state index in [9.17, 15) is 0 Å². The lowest BCUT2D eigenvalue weighted by Gasteiger charge is -2.21. The lowest BCUT2D eigenvalue weighted by Crippen LogP contribution is -2.21. The zero-order valence-corrected chi connectivity index (χ0v) is 14.8. The van der Waals surface area contributed by atoms with E-state index in [0.29, 0.717) is 6.10 Å². The van der Waals surface area contributed by atoms with Gasteiger partial charge in [0.2, 0.25) is 5.82 Å². The van der Waals surface area contributed by atoms with Crippen LogP contribution in [-0.4, -0.2) is 33.2 Å². The fraction of sp³-hybridized carbons (Fsp3) is 0.368. The number of hydrogen-bond acceptors (Lipinski definition) is 5. The van der Waals surface area contributed by atoms with Crippen molar-refractivity contribution in [3.63, 3.8) is 0 Å². The van der Waals surface area contributed by atoms with Crippen LogP contribution in [0.1, 0.15) is 24.8 Å². The van der Waals surface area contributed by atoms with Gasteiger partial charge in [0.25, 0.3) is 0 Å². The Morgan fingerprint density at radius 2 is 2.00 bits per heavy atom. The van der Waals surface area contributed by atoms with Gasteiger partial charge in [-0.2, -0.15) is 0 Å². The average Bonchev–Trinajstić information content (AvgIpc) is 3.32. The summed E-state index contributed by atoms with van der Waals surface area (Å²) in [6.07, 6.45) is 5.53. The van der Waals surface area contributed by atoms with Crippen LogP contribution >= 0.6 is 11.8 Å². The fourth-order valence-corrected chi connectivity index (χ4v) is 4.00. The van der Waals surface area contributed by atoms with Gasteiger partial charge in [0.1, 0.15) is 0 Å². The van der Waals surface area contributed by atoms with Crippen molar-refractivity contribution in [2.24, 2.45) is 0 Å². The maximum absolute atomic E-state index is 5.84. The molecule has 4 rings (SSSR count). The standard InChI is InChI=1S/C19H21N3O2S/c1-2-7-15(8-3-1)13-22-18(17-10-6-12-24-17)20-21-19(22)25-14-16-9-4-5-11-23-16/h1-3,6-8,10,12,16H,4-5,9,11,13-14H2/t16-/m1/s1. The van der Waals surface area contributed by atoms with Crippen LogP contribution in [0.15, 0.2) is 58.3 Å². The molecule has 1 aromatic carbocycles. The van der Waals surface area contributed by atoms with Crippen molar-refractivity contribution in [3.05, 3.63) is 54.3 Å². The molecule has 1 fully saturated rings. The first kappa shape index (κ1) is 16.4. The summed E-state index contributed by atoms with van der Waals surface area (Å²) in [6.45, 7) is 1.59. The van der Waals surface area contributed by atoms with E-state index in [1.54, 1.807) is 18.0 Å². The molecule has 130 valence electrons. The number of hydrogen-bond donors (Lipinski definition) is 0. The molecule has 0 unspecified atom stereocenters. The van der Waals surface area contributed by atoms with Gasteiger partial charge >= 0.3 is 0 Å². The Hall–Kier alpha value is -2.05. The van der Waals surface area contributed by atoms with E-state index in [1.165, 1.54) is 18.4 Å². The molecule has 1 aliphatic rings. The first-order valence-corrected chi connectivity index (χ1v) is 9.64. The van der Waals surface area contributed by atoms with E-state index >= 15 is 0 Å². The van der Waals surface area contributed by atoms with Gasteiger partial charge in [0.05, 0.1) is 18.9 Å². The number of aromatic nitrogens is 3. The number of nitrogens with zero attached hydrogens (tertiary/aromatic N) is 3. The topological polar surface area (TPSA) is 53.1 Å². The number of rotatable bonds is 6. The fourth-order valence-electron chi connectivity index (χ4n) is 3.00. The van der Waals surface area contributed by atoms with Crippen LogP contribution in [0.5, 0.6) is 0 Å². The molecule has 5 nitrogen and oxygen atoms in total. The monoisotopic (exact) mass is 355 g/mol. The third-order valence-electron chi connectivity index (χ3n) is 4.31. The SMILES string of the molecule is c1ccc(Cn2c(SC[C@H]3CCCCO3)nnc2-c2ccco2)cc1. The molecule has 1 aliphatic heterocycles. The molecule has 0 saturated carbocycles. The van der Waals surface area contributed by atoms with E-state index in [2.05, 4.69) is 39.0 Å². The van der Waals surface area contributed by atoms with Crippen molar-refractivity contribution in [3.8, 4) is 11.6 Å². The highest BCUT2D eigenvalue weighted by Gasteiger charge is 2.19. The highest BCUT2D eigenvalue weighted by Crippen LogP contribution is 2.27. The first-order chi connectivity index (χ1) is 12.4. The molecule has 0 spiro atoms. The molecule has 1 atom stereocenters. The van der Waals surface area contributed by atoms with Gasteiger partial charge in [0.15, 0.2) is 10.9 Å². The normalized spacial score (nSPS) is 17.7. The van der Waals surface area contributed by atoms with Crippen molar-refractivity contribution in [2.75, 3.05) is 12.4 Å². The van der Waals surface area contributed by atoms with Crippen LogP contribution in [0.2, 0.25) is 0 Å². The Labute approximate surface area is 151 Å². The van der Waals surface area contributed by atoms with E-state index in [1.807, 2.05) is 18.2 Å². The zero-order chi connectivity index (χ0) is 16.9. The van der Waals surface area contributed by atoms with Crippen LogP contribution in [0.3, 0.4) is 0 Å². The Kier molecular flexibility index (Phi) is 5.18. The molecule has 3 heterocycles. The van der Waals surface area contributed by atoms with Gasteiger partial charge in [0, 0.05) is 12.4 Å². The molecule has 0 radical (unpaired) electrons. The number of benzene rings is 1. The van der Waals surface area contributed by atoms with Crippen LogP contribution in [0.25, 0.3) is 11.6 Å². The molecule has 3 aromatic rings. The summed E-state index contributed by atoms with van der Waals surface area (Å²) in [4.78, 5) is 0. The quantitative estimate of drug-likeness (QED) is 0.619. The summed E-state index contributed by atoms with van der Waals surface area (Å²) in [5.41, 5.74) is 1.21. The molecular weight excluding hydrogens is 334 g/mol. The molecule has 0 aliphatic carbocycles. The smallest absolute Gasteiger partial charge is 0.200 e. The summed E-state index contributed by atoms with van der Waals surface area (Å²) >= 11 is 1.71. The van der Waals surface area contributed by atoms with Gasteiger partial charge < -0.3 is 9.15 Å². The Balaban J connectivity index is 1.57. The summed E-state index contributed by atoms with van der Waals surface area (Å²) in [5.74, 6) is 2.41. The van der Waals surface area contributed by atoms with Crippen LogP contribution in [0.4, 0.5) is 0 Å². The molecule has 0 bridgehead atoms. The van der Waals surface area contributed by atoms with E-state index in [4.69, 9.17) is 9.15 Å². The van der Waals surface area contributed by atoms with E-state index in [0.717, 1.165) is 42.1 Å². The average molecular weight is 355 g/mol. The van der Waals surface area contributed by atoms with Crippen molar-refractivity contribution in [1.29, 1.82) is 0 Å². The Morgan fingerprint density at radius 3 is 2.76 bits per heavy atom. The van der Waals surface area contributed by atoms with Gasteiger partial charge in [-0.1, -0.05) is 42.1 Å². The van der Waals surface area contributed by atoms with Crippen molar-refractivity contribution in [1.82, 2.24) is 14.8 Å². The minimum atomic E-state index is 0.313. The molecule has 0 amide bonds. The second-order valence-electron chi connectivity index (χ2n) is 6.15. The Bertz CT molecular complexity index is 780. The van der Waals surface area contributed by atoms with E-state index in [-0.39, 0.29) is 0 Å². The molecule has 25 heavy (non-hydrogen) atoms. The second-order valence-corrected chi connectivity index (χ2v) is 7.14. The highest BCUT2D eigenvalue weighted by molar-refractivity contribution is 7.99. The van der Waals surface area contributed by atoms with Crippen molar-refractivity contribution >= 4 is 11.8 Å². The summed E-state index contributed by atoms with van der Waals surface area (Å²) in [7, 11) is 0. The van der Waals surface area contributed by atoms with E-state index < -0.39 is 0 Å². The molecule has 1 saturated heterocycles. The van der Waals surface area contributed by atoms with Gasteiger partial charge in [-0.15, -0.1) is 10.2 Å². The largest absolute Gasteiger partial charge is 0.461 e. The third-order valence-corrected chi connectivity index (χ3v) is 5.41. The summed E-state index contributed by atoms with van der Waals surface area (Å²) < 4.78 is 13.5. The van der Waals surface area contributed by atoms with Crippen LogP contribution < -0.4 is 0 Å². The third kappa shape index (κ3) is 3.96. The van der Waals surface area contributed by atoms with Crippen LogP contribution in [0, 0.1) is 0 Å². The highest BCUT2D eigenvalue weighted by atomic mass is 32.2. The van der Waals surface area contributed by atoms with Crippen molar-refractivity contribution < 1.29 is 9.15 Å². The zero-order valence-electron chi connectivity index (χ0n) is 14.0. The van der Waals surface area contributed by atoms with Crippen LogP contribution in [-0.2, 0) is 11.3 Å². The molecular formula is C19H21N3O2S. The number of ether oxygens (including phenoxy) is 1. The van der Waals surface area contributed by atoms with Crippen molar-refractivity contribution in [2.45, 2.75) is 37.1 Å². The maximum atomic E-state index is 5.84. The second kappa shape index (κ2) is 7.89. The Morgan fingerprint density at radius 1 is 1.08 bits per heavy atom. The van der Waals surface area contributed by atoms with Gasteiger partial charge in [-0.3, -0.25) is 4.57 Å². The van der Waals surface area contributed by atoms with Gasteiger partial charge in [-0.05, 0) is 37.0 Å².